The molecule has 0 amide bonds. The molecule has 5 aromatic heterocycles. The van der Waals surface area contributed by atoms with Crippen LogP contribution in [0.2, 0.25) is 0 Å². The molecule has 71 heavy (non-hydrogen) atoms. The van der Waals surface area contributed by atoms with E-state index in [1.54, 1.807) is 0 Å². The molecule has 15 rings (SSSR count). The van der Waals surface area contributed by atoms with Gasteiger partial charge < -0.3 is 18.1 Å². The van der Waals surface area contributed by atoms with Crippen LogP contribution in [-0.2, 0) is 0 Å². The third-order valence-electron chi connectivity index (χ3n) is 14.4. The minimum Gasteiger partial charge on any atom is -0.454 e. The first-order chi connectivity index (χ1) is 35.1. The molecule has 0 N–H and O–H groups in total. The minimum atomic E-state index is 0.590. The van der Waals surface area contributed by atoms with Crippen LogP contribution in [0.3, 0.4) is 0 Å². The fourth-order valence-corrected chi connectivity index (χ4v) is 11.3. The molecule has 0 aliphatic carbocycles. The van der Waals surface area contributed by atoms with Crippen molar-refractivity contribution >= 4 is 87.4 Å². The van der Waals surface area contributed by atoms with Gasteiger partial charge in [-0.3, -0.25) is 0 Å². The van der Waals surface area contributed by atoms with E-state index in [9.17, 15) is 0 Å². The summed E-state index contributed by atoms with van der Waals surface area (Å²) < 4.78 is 14.4. The number of aryl methyl sites for hydroxylation is 1. The van der Waals surface area contributed by atoms with Crippen molar-refractivity contribution in [3.05, 3.63) is 230 Å². The second kappa shape index (κ2) is 15.2. The average molecular weight is 909 g/mol. The second-order valence-corrected chi connectivity index (χ2v) is 18.4. The van der Waals surface area contributed by atoms with E-state index >= 15 is 0 Å². The molecule has 0 fully saturated rings. The highest BCUT2D eigenvalue weighted by molar-refractivity contribution is 6.21. The van der Waals surface area contributed by atoms with Crippen molar-refractivity contribution in [3.63, 3.8) is 0 Å². The van der Waals surface area contributed by atoms with E-state index < -0.39 is 0 Å². The number of benzene rings is 10. The lowest BCUT2D eigenvalue weighted by molar-refractivity contribution is 0.666. The number of fused-ring (bicyclic) bond motifs is 12. The van der Waals surface area contributed by atoms with Crippen LogP contribution in [0.5, 0.6) is 0 Å². The van der Waals surface area contributed by atoms with Gasteiger partial charge in [0.1, 0.15) is 5.58 Å². The van der Waals surface area contributed by atoms with Gasteiger partial charge in [0.05, 0.1) is 38.8 Å². The van der Waals surface area contributed by atoms with E-state index in [0.717, 1.165) is 94.1 Å². The van der Waals surface area contributed by atoms with Gasteiger partial charge in [0.2, 0.25) is 0 Å². The standard InChI is InChI=1S/C64H40N6O/c1-39-35-57(61-60(47-28-14-18-32-58(47)71-61)59(39)64-66-62(40-19-5-2-6-20-40)65-63(67-64)41-21-7-3-8-22-41)70-54-34-33-43(69-51-29-15-11-25-44(51)45-26-12-16-30-52(45)69)36-48(54)50-38-55-49(37-56(50)70)46-27-13-17-31-53(46)68(55)42-23-9-4-10-24-42/h2-38H,1H3. The van der Waals surface area contributed by atoms with Crippen LogP contribution in [0.1, 0.15) is 5.56 Å². The SMILES string of the molecule is Cc1cc(-n2c3ccc(-n4c5ccccc5c5ccccc54)cc3c3cc4c(cc32)c2ccccc2n4-c2ccccc2)c2oc3ccccc3c2c1-c1nc(-c2ccccc2)nc(-c2ccccc2)n1. The van der Waals surface area contributed by atoms with Crippen LogP contribution >= 0.6 is 0 Å². The molecule has 7 nitrogen and oxygen atoms in total. The highest BCUT2D eigenvalue weighted by atomic mass is 16.3. The molecule has 332 valence electrons. The summed E-state index contributed by atoms with van der Waals surface area (Å²) in [6.07, 6.45) is 0. The van der Waals surface area contributed by atoms with Crippen molar-refractivity contribution < 1.29 is 4.42 Å². The molecule has 0 aliphatic rings. The first-order valence-corrected chi connectivity index (χ1v) is 24.0. The van der Waals surface area contributed by atoms with Crippen LogP contribution in [0.25, 0.3) is 139 Å². The quantitative estimate of drug-likeness (QED) is 0.167. The zero-order chi connectivity index (χ0) is 46.7. The molecule has 10 aromatic carbocycles. The molecule has 0 aliphatic heterocycles. The molecular weight excluding hydrogens is 869 g/mol. The predicted octanol–water partition coefficient (Wildman–Crippen LogP) is 16.4. The van der Waals surface area contributed by atoms with E-state index in [2.05, 4.69) is 203 Å². The first kappa shape index (κ1) is 39.4. The Hall–Kier alpha value is -9.59. The Morgan fingerprint density at radius 1 is 0.338 bits per heavy atom. The molecule has 0 atom stereocenters. The zero-order valence-corrected chi connectivity index (χ0v) is 38.5. The Bertz CT molecular complexity index is 4530. The molecule has 0 bridgehead atoms. The lowest BCUT2D eigenvalue weighted by atomic mass is 9.99. The summed E-state index contributed by atoms with van der Waals surface area (Å²) in [7, 11) is 0. The van der Waals surface area contributed by atoms with Gasteiger partial charge in [0.25, 0.3) is 0 Å². The minimum absolute atomic E-state index is 0.590. The van der Waals surface area contributed by atoms with Crippen molar-refractivity contribution in [2.45, 2.75) is 6.92 Å². The third-order valence-corrected chi connectivity index (χ3v) is 14.4. The normalized spacial score (nSPS) is 12.0. The molecule has 0 unspecified atom stereocenters. The average Bonchev–Trinajstić information content (AvgIpc) is 4.17. The highest BCUT2D eigenvalue weighted by Gasteiger charge is 2.26. The summed E-state index contributed by atoms with van der Waals surface area (Å²) in [5.41, 5.74) is 15.2. The summed E-state index contributed by atoms with van der Waals surface area (Å²) in [4.78, 5) is 15.6. The Balaban J connectivity index is 1.06. The predicted molar refractivity (Wildman–Crippen MR) is 291 cm³/mol. The number of hydrogen-bond donors (Lipinski definition) is 0. The lowest BCUT2D eigenvalue weighted by Crippen LogP contribution is -2.03. The molecule has 7 heteroatoms. The maximum absolute atomic E-state index is 7.15. The Morgan fingerprint density at radius 2 is 0.789 bits per heavy atom. The third kappa shape index (κ3) is 5.87. The molecule has 15 aromatic rings. The van der Waals surface area contributed by atoms with E-state index in [4.69, 9.17) is 19.4 Å². The maximum atomic E-state index is 7.15. The maximum Gasteiger partial charge on any atom is 0.165 e. The number of aromatic nitrogens is 6. The van der Waals surface area contributed by atoms with E-state index in [0.29, 0.717) is 17.5 Å². The van der Waals surface area contributed by atoms with E-state index in [1.165, 1.54) is 32.6 Å². The monoisotopic (exact) mass is 908 g/mol. The molecule has 0 spiro atoms. The summed E-state index contributed by atoms with van der Waals surface area (Å²) in [6.45, 7) is 2.17. The topological polar surface area (TPSA) is 66.6 Å². The molecule has 0 saturated heterocycles. The second-order valence-electron chi connectivity index (χ2n) is 18.4. The van der Waals surface area contributed by atoms with Crippen molar-refractivity contribution in [1.29, 1.82) is 0 Å². The largest absolute Gasteiger partial charge is 0.454 e. The summed E-state index contributed by atoms with van der Waals surface area (Å²) in [5, 5.41) is 9.04. The van der Waals surface area contributed by atoms with Gasteiger partial charge in [-0.1, -0.05) is 152 Å². The summed E-state index contributed by atoms with van der Waals surface area (Å²) in [6, 6.07) is 79.6. The van der Waals surface area contributed by atoms with Crippen molar-refractivity contribution in [1.82, 2.24) is 28.7 Å². The number of rotatable bonds is 6. The number of hydrogen-bond acceptors (Lipinski definition) is 4. The molecule has 0 radical (unpaired) electrons. The van der Waals surface area contributed by atoms with Crippen molar-refractivity contribution in [2.24, 2.45) is 0 Å². The van der Waals surface area contributed by atoms with Crippen LogP contribution in [-0.4, -0.2) is 28.7 Å². The number of furan rings is 1. The molecule has 5 heterocycles. The Kier molecular flexibility index (Phi) is 8.44. The van der Waals surface area contributed by atoms with E-state index in [-0.39, 0.29) is 0 Å². The number of nitrogens with zero attached hydrogens (tertiary/aromatic N) is 6. The van der Waals surface area contributed by atoms with E-state index in [1.807, 2.05) is 42.5 Å². The van der Waals surface area contributed by atoms with Gasteiger partial charge in [0, 0.05) is 71.2 Å². The van der Waals surface area contributed by atoms with Crippen molar-refractivity contribution in [2.75, 3.05) is 0 Å². The molecular formula is C64H40N6O. The summed E-state index contributed by atoms with van der Waals surface area (Å²) >= 11 is 0. The fourth-order valence-electron chi connectivity index (χ4n) is 11.3. The van der Waals surface area contributed by atoms with Crippen LogP contribution < -0.4 is 0 Å². The van der Waals surface area contributed by atoms with Gasteiger partial charge in [-0.2, -0.15) is 0 Å². The van der Waals surface area contributed by atoms with Crippen LogP contribution in [0.15, 0.2) is 229 Å². The number of para-hydroxylation sites is 5. The van der Waals surface area contributed by atoms with Gasteiger partial charge in [-0.05, 0) is 85.3 Å². The van der Waals surface area contributed by atoms with Crippen LogP contribution in [0, 0.1) is 6.92 Å². The van der Waals surface area contributed by atoms with Crippen LogP contribution in [0.4, 0.5) is 0 Å². The smallest absolute Gasteiger partial charge is 0.165 e. The lowest BCUT2D eigenvalue weighted by Gasteiger charge is -2.15. The fraction of sp³-hybridized carbons (Fsp3) is 0.0156. The van der Waals surface area contributed by atoms with Gasteiger partial charge >= 0.3 is 0 Å². The van der Waals surface area contributed by atoms with Crippen molar-refractivity contribution in [3.8, 4) is 51.2 Å². The zero-order valence-electron chi connectivity index (χ0n) is 38.5. The Labute approximate surface area is 406 Å². The van der Waals surface area contributed by atoms with Gasteiger partial charge in [0.15, 0.2) is 23.1 Å². The Morgan fingerprint density at radius 3 is 1.41 bits per heavy atom. The van der Waals surface area contributed by atoms with Gasteiger partial charge in [-0.15, -0.1) is 0 Å². The summed E-state index contributed by atoms with van der Waals surface area (Å²) in [5.74, 6) is 1.81. The first-order valence-electron chi connectivity index (χ1n) is 24.0. The van der Waals surface area contributed by atoms with Gasteiger partial charge in [-0.25, -0.2) is 15.0 Å². The highest BCUT2D eigenvalue weighted by Crippen LogP contribution is 2.46. The molecule has 0 saturated carbocycles.